The molecule has 2 amide bonds. The predicted molar refractivity (Wildman–Crippen MR) is 145 cm³/mol. The van der Waals surface area contributed by atoms with E-state index in [4.69, 9.17) is 4.74 Å². The Kier molecular flexibility index (Phi) is 9.82. The summed E-state index contributed by atoms with van der Waals surface area (Å²) in [6, 6.07) is 23.9. The lowest BCUT2D eigenvalue weighted by Gasteiger charge is -2.20. The summed E-state index contributed by atoms with van der Waals surface area (Å²) >= 11 is 0. The van der Waals surface area contributed by atoms with Crippen LogP contribution in [0.5, 0.6) is 5.75 Å². The summed E-state index contributed by atoms with van der Waals surface area (Å²) in [5.74, 6) is -0.152. The number of carbonyl (C=O) groups excluding carboxylic acids is 2. The van der Waals surface area contributed by atoms with E-state index in [2.05, 4.69) is 34.6 Å². The van der Waals surface area contributed by atoms with Gasteiger partial charge in [-0.25, -0.2) is 5.43 Å². The van der Waals surface area contributed by atoms with Crippen LogP contribution >= 0.6 is 0 Å². The summed E-state index contributed by atoms with van der Waals surface area (Å²) < 4.78 is 5.43. The van der Waals surface area contributed by atoms with Crippen LogP contribution in [0.1, 0.15) is 42.3 Å². The van der Waals surface area contributed by atoms with Crippen molar-refractivity contribution in [3.05, 3.63) is 101 Å². The van der Waals surface area contributed by atoms with Crippen molar-refractivity contribution in [2.45, 2.75) is 20.8 Å². The van der Waals surface area contributed by atoms with Crippen LogP contribution in [-0.2, 0) is 4.79 Å². The lowest BCUT2D eigenvalue weighted by Crippen LogP contribution is -2.32. The maximum Gasteiger partial charge on any atom is 0.287 e. The zero-order valence-corrected chi connectivity index (χ0v) is 20.9. The van der Waals surface area contributed by atoms with Gasteiger partial charge in [0.15, 0.2) is 0 Å². The van der Waals surface area contributed by atoms with Crippen molar-refractivity contribution in [3.8, 4) is 5.75 Å². The SMILES string of the molecule is CCOc1ccc(C=NNC(=O)/C(=C\c2ccc(N(CC)CC)cc2)NC(=O)c2ccccc2)cc1. The van der Waals surface area contributed by atoms with Crippen LogP contribution in [-0.4, -0.2) is 37.7 Å². The Morgan fingerprint density at radius 1 is 0.861 bits per heavy atom. The van der Waals surface area contributed by atoms with E-state index in [1.165, 1.54) is 6.21 Å². The molecule has 0 aliphatic carbocycles. The molecule has 0 atom stereocenters. The molecule has 0 bridgehead atoms. The topological polar surface area (TPSA) is 83.0 Å². The van der Waals surface area contributed by atoms with Crippen LogP contribution in [0, 0.1) is 0 Å². The molecule has 7 heteroatoms. The highest BCUT2D eigenvalue weighted by Crippen LogP contribution is 2.17. The van der Waals surface area contributed by atoms with Crippen molar-refractivity contribution in [2.24, 2.45) is 5.10 Å². The highest BCUT2D eigenvalue weighted by molar-refractivity contribution is 6.05. The second-order valence-electron chi connectivity index (χ2n) is 7.84. The van der Waals surface area contributed by atoms with E-state index in [1.54, 1.807) is 30.3 Å². The number of carbonyl (C=O) groups is 2. The number of hydrogen-bond donors (Lipinski definition) is 2. The molecule has 3 rings (SSSR count). The van der Waals surface area contributed by atoms with E-state index >= 15 is 0 Å². The second kappa shape index (κ2) is 13.5. The molecule has 186 valence electrons. The molecule has 36 heavy (non-hydrogen) atoms. The molecule has 3 aromatic rings. The number of anilines is 1. The molecule has 0 unspecified atom stereocenters. The van der Waals surface area contributed by atoms with Gasteiger partial charge in [0.2, 0.25) is 0 Å². The lowest BCUT2D eigenvalue weighted by molar-refractivity contribution is -0.117. The van der Waals surface area contributed by atoms with Crippen LogP contribution < -0.4 is 20.4 Å². The molecule has 0 fully saturated rings. The largest absolute Gasteiger partial charge is 0.494 e. The molecule has 0 aromatic heterocycles. The standard InChI is InChI=1S/C29H32N4O3/c1-4-33(5-2)25-16-12-22(13-17-25)20-27(31-28(34)24-10-8-7-9-11-24)29(35)32-30-21-23-14-18-26(19-15-23)36-6-3/h7-21H,4-6H2,1-3H3,(H,31,34)(H,32,35)/b27-20+,30-21?. The fraction of sp³-hybridized carbons (Fsp3) is 0.207. The van der Waals surface area contributed by atoms with Gasteiger partial charge in [0, 0.05) is 24.3 Å². The van der Waals surface area contributed by atoms with Gasteiger partial charge >= 0.3 is 0 Å². The highest BCUT2D eigenvalue weighted by Gasteiger charge is 2.14. The van der Waals surface area contributed by atoms with Gasteiger partial charge in [-0.2, -0.15) is 5.10 Å². The monoisotopic (exact) mass is 484 g/mol. The molecule has 0 saturated carbocycles. The van der Waals surface area contributed by atoms with Crippen LogP contribution in [0.4, 0.5) is 5.69 Å². The number of benzene rings is 3. The number of ether oxygens (including phenoxy) is 1. The maximum absolute atomic E-state index is 13.0. The fourth-order valence-electron chi connectivity index (χ4n) is 3.52. The zero-order valence-electron chi connectivity index (χ0n) is 20.9. The van der Waals surface area contributed by atoms with Gasteiger partial charge in [0.05, 0.1) is 12.8 Å². The number of hydrogen-bond acceptors (Lipinski definition) is 5. The van der Waals surface area contributed by atoms with E-state index in [9.17, 15) is 9.59 Å². The molecule has 0 spiro atoms. The number of rotatable bonds is 11. The average Bonchev–Trinajstić information content (AvgIpc) is 2.91. The maximum atomic E-state index is 13.0. The Bertz CT molecular complexity index is 1180. The summed E-state index contributed by atoms with van der Waals surface area (Å²) in [5, 5.41) is 6.78. The first-order valence-corrected chi connectivity index (χ1v) is 12.0. The first-order chi connectivity index (χ1) is 17.5. The molecule has 0 heterocycles. The smallest absolute Gasteiger partial charge is 0.287 e. The predicted octanol–water partition coefficient (Wildman–Crippen LogP) is 4.85. The van der Waals surface area contributed by atoms with Crippen molar-refractivity contribution in [1.29, 1.82) is 0 Å². The summed E-state index contributed by atoms with van der Waals surface area (Å²) in [5.41, 5.74) is 5.71. The lowest BCUT2D eigenvalue weighted by atomic mass is 10.1. The summed E-state index contributed by atoms with van der Waals surface area (Å²) in [4.78, 5) is 28.0. The molecule has 0 aliphatic heterocycles. The minimum absolute atomic E-state index is 0.0864. The van der Waals surface area contributed by atoms with Crippen LogP contribution in [0.2, 0.25) is 0 Å². The van der Waals surface area contributed by atoms with Crippen LogP contribution in [0.15, 0.2) is 89.7 Å². The molecule has 7 nitrogen and oxygen atoms in total. The Balaban J connectivity index is 1.78. The number of hydrazone groups is 1. The van der Waals surface area contributed by atoms with Crippen molar-refractivity contribution >= 4 is 29.8 Å². The molecular formula is C29H32N4O3. The molecule has 2 N–H and O–H groups in total. The van der Waals surface area contributed by atoms with Gasteiger partial charge in [0.25, 0.3) is 11.8 Å². The van der Waals surface area contributed by atoms with Crippen LogP contribution in [0.3, 0.4) is 0 Å². The minimum Gasteiger partial charge on any atom is -0.494 e. The summed E-state index contributed by atoms with van der Waals surface area (Å²) in [7, 11) is 0. The molecule has 0 aliphatic rings. The Morgan fingerprint density at radius 3 is 2.11 bits per heavy atom. The zero-order chi connectivity index (χ0) is 25.8. The van der Waals surface area contributed by atoms with Crippen molar-refractivity contribution in [3.63, 3.8) is 0 Å². The van der Waals surface area contributed by atoms with E-state index in [1.807, 2.05) is 61.5 Å². The second-order valence-corrected chi connectivity index (χ2v) is 7.84. The minimum atomic E-state index is -0.533. The summed E-state index contributed by atoms with van der Waals surface area (Å²) in [6.07, 6.45) is 3.16. The third kappa shape index (κ3) is 7.56. The molecule has 0 radical (unpaired) electrons. The average molecular weight is 485 g/mol. The quantitative estimate of drug-likeness (QED) is 0.232. The number of nitrogens with zero attached hydrogens (tertiary/aromatic N) is 2. The first kappa shape index (κ1) is 26.2. The van der Waals surface area contributed by atoms with E-state index in [0.29, 0.717) is 12.2 Å². The normalized spacial score (nSPS) is 11.2. The van der Waals surface area contributed by atoms with Gasteiger partial charge in [-0.05, 0) is 86.5 Å². The number of amides is 2. The fourth-order valence-corrected chi connectivity index (χ4v) is 3.52. The van der Waals surface area contributed by atoms with Crippen molar-refractivity contribution in [1.82, 2.24) is 10.7 Å². The van der Waals surface area contributed by atoms with Crippen molar-refractivity contribution in [2.75, 3.05) is 24.6 Å². The highest BCUT2D eigenvalue weighted by atomic mass is 16.5. The van der Waals surface area contributed by atoms with E-state index < -0.39 is 5.91 Å². The van der Waals surface area contributed by atoms with E-state index in [0.717, 1.165) is 35.7 Å². The Morgan fingerprint density at radius 2 is 1.50 bits per heavy atom. The third-order valence-electron chi connectivity index (χ3n) is 5.43. The molecular weight excluding hydrogens is 452 g/mol. The third-order valence-corrected chi connectivity index (χ3v) is 5.43. The van der Waals surface area contributed by atoms with Crippen LogP contribution in [0.25, 0.3) is 6.08 Å². The van der Waals surface area contributed by atoms with Gasteiger partial charge < -0.3 is 15.0 Å². The number of nitrogens with one attached hydrogen (secondary N) is 2. The van der Waals surface area contributed by atoms with Gasteiger partial charge in [-0.3, -0.25) is 9.59 Å². The summed E-state index contributed by atoms with van der Waals surface area (Å²) in [6.45, 7) is 8.52. The van der Waals surface area contributed by atoms with Gasteiger partial charge in [-0.15, -0.1) is 0 Å². The first-order valence-electron chi connectivity index (χ1n) is 12.0. The molecule has 0 saturated heterocycles. The molecule has 3 aromatic carbocycles. The van der Waals surface area contributed by atoms with Gasteiger partial charge in [-0.1, -0.05) is 30.3 Å². The van der Waals surface area contributed by atoms with Crippen molar-refractivity contribution < 1.29 is 14.3 Å². The Hall–Kier alpha value is -4.39. The Labute approximate surface area is 212 Å². The van der Waals surface area contributed by atoms with Gasteiger partial charge in [0.1, 0.15) is 11.4 Å². The van der Waals surface area contributed by atoms with E-state index in [-0.39, 0.29) is 11.6 Å².